The Morgan fingerprint density at radius 2 is 1.86 bits per heavy atom. The maximum absolute atomic E-state index is 10.5. The van der Waals surface area contributed by atoms with E-state index in [1.165, 1.54) is 19.3 Å². The molecule has 5 heteroatoms. The topological polar surface area (TPSA) is 57.6 Å². The van der Waals surface area contributed by atoms with Gasteiger partial charge in [-0.25, -0.2) is 0 Å². The second kappa shape index (κ2) is 5.09. The quantitative estimate of drug-likeness (QED) is 0.723. The molecule has 0 aliphatic heterocycles. The van der Waals surface area contributed by atoms with Gasteiger partial charge in [0, 0.05) is 12.6 Å². The molecule has 84 valence electrons. The van der Waals surface area contributed by atoms with Crippen LogP contribution in [-0.2, 0) is 10.1 Å². The third-order valence-electron chi connectivity index (χ3n) is 2.90. The molecule has 0 aromatic carbocycles. The maximum Gasteiger partial charge on any atom is 0.266 e. The van der Waals surface area contributed by atoms with Gasteiger partial charge in [-0.2, -0.15) is 8.42 Å². The molecule has 0 aromatic heterocycles. The zero-order valence-electron chi connectivity index (χ0n) is 8.65. The molecule has 14 heavy (non-hydrogen) atoms. The smallest absolute Gasteiger partial charge is 0.266 e. The van der Waals surface area contributed by atoms with Crippen LogP contribution in [0.1, 0.15) is 32.1 Å². The van der Waals surface area contributed by atoms with E-state index in [0.717, 1.165) is 12.8 Å². The summed E-state index contributed by atoms with van der Waals surface area (Å²) in [6.07, 6.45) is 6.08. The van der Waals surface area contributed by atoms with Gasteiger partial charge < -0.3 is 4.90 Å². The Morgan fingerprint density at radius 1 is 1.29 bits per heavy atom. The van der Waals surface area contributed by atoms with Gasteiger partial charge in [0.15, 0.2) is 0 Å². The van der Waals surface area contributed by atoms with Gasteiger partial charge in [0.05, 0.1) is 5.75 Å². The van der Waals surface area contributed by atoms with Gasteiger partial charge in [0.25, 0.3) is 10.1 Å². The summed E-state index contributed by atoms with van der Waals surface area (Å²) in [4.78, 5) is 2.05. The third-order valence-corrected chi connectivity index (χ3v) is 3.60. The van der Waals surface area contributed by atoms with Crippen molar-refractivity contribution < 1.29 is 13.0 Å². The second-order valence-electron chi connectivity index (χ2n) is 4.06. The average Bonchev–Trinajstić information content (AvgIpc) is 2.14. The molecular formula is C9H19NO3S. The Morgan fingerprint density at radius 3 is 2.36 bits per heavy atom. The molecule has 0 heterocycles. The molecule has 1 saturated carbocycles. The third kappa shape index (κ3) is 4.39. The highest BCUT2D eigenvalue weighted by Crippen LogP contribution is 2.21. The molecule has 1 rings (SSSR count). The summed E-state index contributed by atoms with van der Waals surface area (Å²) in [6, 6.07) is 0.505. The molecule has 4 nitrogen and oxygen atoms in total. The van der Waals surface area contributed by atoms with E-state index in [0.29, 0.717) is 12.6 Å². The molecule has 0 atom stereocenters. The number of rotatable bonds is 4. The lowest BCUT2D eigenvalue weighted by Crippen LogP contribution is -2.36. The molecule has 0 saturated heterocycles. The summed E-state index contributed by atoms with van der Waals surface area (Å²) in [6.45, 7) is 0.434. The summed E-state index contributed by atoms with van der Waals surface area (Å²) >= 11 is 0. The van der Waals surface area contributed by atoms with Crippen LogP contribution in [0.4, 0.5) is 0 Å². The molecule has 1 aliphatic rings. The molecule has 0 bridgehead atoms. The Hall–Kier alpha value is -0.130. The molecule has 0 amide bonds. The standard InChI is InChI=1S/C9H19NO3S/c1-10(7-8-14(11,12)13)9-5-3-2-4-6-9/h9H,2-8H2,1H3,(H,11,12,13). The lowest BCUT2D eigenvalue weighted by molar-refractivity contribution is 0.200. The van der Waals surface area contributed by atoms with Gasteiger partial charge in [-0.15, -0.1) is 0 Å². The van der Waals surface area contributed by atoms with E-state index in [1.807, 2.05) is 11.9 Å². The van der Waals surface area contributed by atoms with E-state index in [9.17, 15) is 8.42 Å². The van der Waals surface area contributed by atoms with E-state index in [2.05, 4.69) is 0 Å². The number of hydrogen-bond donors (Lipinski definition) is 1. The Labute approximate surface area is 86.0 Å². The van der Waals surface area contributed by atoms with Gasteiger partial charge in [0.1, 0.15) is 0 Å². The Kier molecular flexibility index (Phi) is 4.34. The molecule has 0 unspecified atom stereocenters. The summed E-state index contributed by atoms with van der Waals surface area (Å²) in [7, 11) is -1.87. The summed E-state index contributed by atoms with van der Waals surface area (Å²) in [5, 5.41) is 0. The van der Waals surface area contributed by atoms with Crippen molar-refractivity contribution >= 4 is 10.1 Å². The fourth-order valence-corrected chi connectivity index (χ4v) is 2.48. The van der Waals surface area contributed by atoms with Crippen LogP contribution in [0.2, 0.25) is 0 Å². The summed E-state index contributed by atoms with van der Waals surface area (Å²) < 4.78 is 29.7. The van der Waals surface area contributed by atoms with Gasteiger partial charge in [-0.1, -0.05) is 19.3 Å². The van der Waals surface area contributed by atoms with Crippen molar-refractivity contribution in [2.45, 2.75) is 38.1 Å². The van der Waals surface area contributed by atoms with Crippen LogP contribution >= 0.6 is 0 Å². The van der Waals surface area contributed by atoms with Crippen molar-refractivity contribution in [1.82, 2.24) is 4.90 Å². The fraction of sp³-hybridized carbons (Fsp3) is 1.00. The van der Waals surface area contributed by atoms with Crippen LogP contribution in [0.25, 0.3) is 0 Å². The Bertz CT molecular complexity index is 257. The van der Waals surface area contributed by atoms with Crippen molar-refractivity contribution in [3.63, 3.8) is 0 Å². The summed E-state index contributed by atoms with van der Waals surface area (Å²) in [5.41, 5.74) is 0. The molecule has 1 aliphatic carbocycles. The molecule has 0 spiro atoms. The predicted octanol–water partition coefficient (Wildman–Crippen LogP) is 1.14. The van der Waals surface area contributed by atoms with Crippen LogP contribution < -0.4 is 0 Å². The van der Waals surface area contributed by atoms with Crippen molar-refractivity contribution in [3.8, 4) is 0 Å². The molecule has 0 radical (unpaired) electrons. The monoisotopic (exact) mass is 221 g/mol. The van der Waals surface area contributed by atoms with Crippen molar-refractivity contribution in [1.29, 1.82) is 0 Å². The lowest BCUT2D eigenvalue weighted by atomic mass is 9.94. The second-order valence-corrected chi connectivity index (χ2v) is 5.63. The largest absolute Gasteiger partial charge is 0.302 e. The highest BCUT2D eigenvalue weighted by atomic mass is 32.2. The first-order valence-corrected chi connectivity index (χ1v) is 6.75. The normalized spacial score (nSPS) is 20.2. The first-order valence-electron chi connectivity index (χ1n) is 5.14. The van der Waals surface area contributed by atoms with Gasteiger partial charge in [-0.3, -0.25) is 4.55 Å². The van der Waals surface area contributed by atoms with E-state index in [1.54, 1.807) is 0 Å². The molecule has 0 aromatic rings. The van der Waals surface area contributed by atoms with Crippen molar-refractivity contribution in [2.75, 3.05) is 19.3 Å². The SMILES string of the molecule is CN(CCS(=O)(=O)O)C1CCCCC1. The van der Waals surface area contributed by atoms with E-state index >= 15 is 0 Å². The zero-order chi connectivity index (χ0) is 10.6. The highest BCUT2D eigenvalue weighted by molar-refractivity contribution is 7.85. The fourth-order valence-electron chi connectivity index (χ4n) is 1.96. The lowest BCUT2D eigenvalue weighted by Gasteiger charge is -2.30. The van der Waals surface area contributed by atoms with Crippen molar-refractivity contribution in [3.05, 3.63) is 0 Å². The van der Waals surface area contributed by atoms with E-state index in [4.69, 9.17) is 4.55 Å². The van der Waals surface area contributed by atoms with Crippen LogP contribution in [0.5, 0.6) is 0 Å². The molecule has 1 N–H and O–H groups in total. The van der Waals surface area contributed by atoms with E-state index < -0.39 is 10.1 Å². The van der Waals surface area contributed by atoms with Crippen molar-refractivity contribution in [2.24, 2.45) is 0 Å². The summed E-state index contributed by atoms with van der Waals surface area (Å²) in [5.74, 6) is -0.153. The highest BCUT2D eigenvalue weighted by Gasteiger charge is 2.18. The minimum absolute atomic E-state index is 0.153. The van der Waals surface area contributed by atoms with Crippen LogP contribution in [-0.4, -0.2) is 43.3 Å². The Balaban J connectivity index is 2.30. The van der Waals surface area contributed by atoms with Gasteiger partial charge in [-0.05, 0) is 19.9 Å². The minimum atomic E-state index is -3.80. The molecule has 1 fully saturated rings. The van der Waals surface area contributed by atoms with Gasteiger partial charge in [0.2, 0.25) is 0 Å². The minimum Gasteiger partial charge on any atom is -0.302 e. The van der Waals surface area contributed by atoms with Crippen LogP contribution in [0.3, 0.4) is 0 Å². The first-order chi connectivity index (χ1) is 6.49. The van der Waals surface area contributed by atoms with Gasteiger partial charge >= 0.3 is 0 Å². The predicted molar refractivity (Wildman–Crippen MR) is 55.9 cm³/mol. The van der Waals surface area contributed by atoms with Crippen LogP contribution in [0, 0.1) is 0 Å². The number of nitrogens with zero attached hydrogens (tertiary/aromatic N) is 1. The average molecular weight is 221 g/mol. The first kappa shape index (κ1) is 11.9. The zero-order valence-corrected chi connectivity index (χ0v) is 9.46. The van der Waals surface area contributed by atoms with E-state index in [-0.39, 0.29) is 5.75 Å². The van der Waals surface area contributed by atoms with Crippen LogP contribution in [0.15, 0.2) is 0 Å². The number of hydrogen-bond acceptors (Lipinski definition) is 3. The molecular weight excluding hydrogens is 202 g/mol. The maximum atomic E-state index is 10.5.